The summed E-state index contributed by atoms with van der Waals surface area (Å²) in [5, 5.41) is 1.38. The topological polar surface area (TPSA) is 4.93 Å². The third-order valence-electron chi connectivity index (χ3n) is 4.65. The molecule has 22 heavy (non-hydrogen) atoms. The Morgan fingerprint density at radius 3 is 2.59 bits per heavy atom. The number of allylic oxidation sites excluding steroid dienone is 5. The lowest BCUT2D eigenvalue weighted by Gasteiger charge is -2.19. The van der Waals surface area contributed by atoms with E-state index in [4.69, 9.17) is 0 Å². The Kier molecular flexibility index (Phi) is 3.40. The maximum absolute atomic E-state index is 4.28. The highest BCUT2D eigenvalue weighted by atomic mass is 15.0. The number of aryl methyl sites for hydroxylation is 1. The van der Waals surface area contributed by atoms with Gasteiger partial charge >= 0.3 is 0 Å². The Hall–Kier alpha value is -2.02. The van der Waals surface area contributed by atoms with Gasteiger partial charge in [0.05, 0.1) is 5.69 Å². The van der Waals surface area contributed by atoms with Crippen LogP contribution >= 0.6 is 0 Å². The van der Waals surface area contributed by atoms with Gasteiger partial charge in [-0.05, 0) is 41.2 Å². The Morgan fingerprint density at radius 1 is 1.23 bits per heavy atom. The van der Waals surface area contributed by atoms with Crippen molar-refractivity contribution in [2.24, 2.45) is 7.05 Å². The summed E-state index contributed by atoms with van der Waals surface area (Å²) in [5.41, 5.74) is 8.16. The van der Waals surface area contributed by atoms with Gasteiger partial charge in [0.15, 0.2) is 0 Å². The molecule has 0 spiro atoms. The van der Waals surface area contributed by atoms with E-state index >= 15 is 0 Å². The van der Waals surface area contributed by atoms with E-state index in [0.717, 1.165) is 6.42 Å². The van der Waals surface area contributed by atoms with E-state index in [0.29, 0.717) is 0 Å². The highest BCUT2D eigenvalue weighted by Gasteiger charge is 2.27. The number of rotatable bonds is 1. The van der Waals surface area contributed by atoms with E-state index in [9.17, 15) is 0 Å². The zero-order chi connectivity index (χ0) is 16.1. The number of hydrogen-bond acceptors (Lipinski definition) is 0. The molecule has 0 fully saturated rings. The lowest BCUT2D eigenvalue weighted by atomic mass is 9.86. The van der Waals surface area contributed by atoms with E-state index in [-0.39, 0.29) is 5.41 Å². The summed E-state index contributed by atoms with van der Waals surface area (Å²) in [6, 6.07) is 6.91. The van der Waals surface area contributed by atoms with E-state index in [1.165, 1.54) is 38.9 Å². The van der Waals surface area contributed by atoms with Gasteiger partial charge in [0.2, 0.25) is 0 Å². The second kappa shape index (κ2) is 5.01. The molecule has 3 rings (SSSR count). The quantitative estimate of drug-likeness (QED) is 0.649. The molecule has 0 aliphatic heterocycles. The first-order valence-corrected chi connectivity index (χ1v) is 7.98. The van der Waals surface area contributed by atoms with Gasteiger partial charge in [0.25, 0.3) is 0 Å². The van der Waals surface area contributed by atoms with Crippen LogP contribution in [-0.4, -0.2) is 4.57 Å². The third kappa shape index (κ3) is 2.16. The Bertz CT molecular complexity index is 820. The predicted molar refractivity (Wildman–Crippen MR) is 97.3 cm³/mol. The van der Waals surface area contributed by atoms with Crippen LogP contribution in [0.4, 0.5) is 0 Å². The van der Waals surface area contributed by atoms with E-state index < -0.39 is 0 Å². The molecule has 1 aliphatic rings. The molecule has 0 radical (unpaired) electrons. The fraction of sp³-hybridized carbons (Fsp3) is 0.333. The van der Waals surface area contributed by atoms with Crippen molar-refractivity contribution in [2.45, 2.75) is 39.5 Å². The molecule has 0 amide bonds. The normalized spacial score (nSPS) is 17.1. The summed E-state index contributed by atoms with van der Waals surface area (Å²) in [6.07, 6.45) is 7.33. The predicted octanol–water partition coefficient (Wildman–Crippen LogP) is 5.55. The molecular weight excluding hydrogens is 266 g/mol. The molecule has 2 aromatic rings. The largest absolute Gasteiger partial charge is 0.343 e. The monoisotopic (exact) mass is 291 g/mol. The first-order valence-electron chi connectivity index (χ1n) is 7.98. The molecule has 1 nitrogen and oxygen atoms in total. The molecule has 0 saturated carbocycles. The molecule has 0 bridgehead atoms. The number of benzene rings is 1. The summed E-state index contributed by atoms with van der Waals surface area (Å²) in [5.74, 6) is 0. The SMILES string of the molecule is C=C1Cc2c(n(C)c3ccc(C(C)(C)C)cc23)/C1=C/C=C\C. The van der Waals surface area contributed by atoms with Crippen molar-refractivity contribution in [3.8, 4) is 0 Å². The van der Waals surface area contributed by atoms with Crippen LogP contribution in [0.25, 0.3) is 16.5 Å². The van der Waals surface area contributed by atoms with Crippen LogP contribution in [0, 0.1) is 0 Å². The lowest BCUT2D eigenvalue weighted by molar-refractivity contribution is 0.591. The van der Waals surface area contributed by atoms with Crippen LogP contribution in [0.1, 0.15) is 44.5 Å². The molecule has 1 aliphatic carbocycles. The maximum atomic E-state index is 4.28. The number of nitrogens with zero attached hydrogens (tertiary/aromatic N) is 1. The minimum absolute atomic E-state index is 0.177. The highest BCUT2D eigenvalue weighted by molar-refractivity contribution is 5.98. The average molecular weight is 291 g/mol. The fourth-order valence-corrected chi connectivity index (χ4v) is 3.37. The number of fused-ring (bicyclic) bond motifs is 3. The van der Waals surface area contributed by atoms with Crippen molar-refractivity contribution in [3.05, 3.63) is 65.4 Å². The smallest absolute Gasteiger partial charge is 0.0527 e. The van der Waals surface area contributed by atoms with Gasteiger partial charge in [0, 0.05) is 29.9 Å². The summed E-state index contributed by atoms with van der Waals surface area (Å²) in [7, 11) is 2.17. The van der Waals surface area contributed by atoms with Crippen molar-refractivity contribution in [1.29, 1.82) is 0 Å². The highest BCUT2D eigenvalue weighted by Crippen LogP contribution is 2.42. The summed E-state index contributed by atoms with van der Waals surface area (Å²) in [6.45, 7) is 13.1. The Balaban J connectivity index is 2.29. The summed E-state index contributed by atoms with van der Waals surface area (Å²) in [4.78, 5) is 0. The first kappa shape index (κ1) is 14.9. The summed E-state index contributed by atoms with van der Waals surface area (Å²) >= 11 is 0. The zero-order valence-corrected chi connectivity index (χ0v) is 14.3. The second-order valence-electron chi connectivity index (χ2n) is 7.25. The van der Waals surface area contributed by atoms with Crippen LogP contribution in [0.2, 0.25) is 0 Å². The zero-order valence-electron chi connectivity index (χ0n) is 14.3. The summed E-state index contributed by atoms with van der Waals surface area (Å²) < 4.78 is 2.32. The second-order valence-corrected chi connectivity index (χ2v) is 7.25. The van der Waals surface area contributed by atoms with Crippen molar-refractivity contribution < 1.29 is 0 Å². The fourth-order valence-electron chi connectivity index (χ4n) is 3.37. The van der Waals surface area contributed by atoms with Crippen LogP contribution < -0.4 is 0 Å². The van der Waals surface area contributed by atoms with Crippen molar-refractivity contribution in [1.82, 2.24) is 4.57 Å². The third-order valence-corrected chi connectivity index (χ3v) is 4.65. The van der Waals surface area contributed by atoms with Gasteiger partial charge in [-0.1, -0.05) is 51.6 Å². The standard InChI is InChI=1S/C21H25N/c1-7-8-9-16-14(2)12-18-17-13-15(21(3,4)5)10-11-19(17)22(6)20(16)18/h7-11,13H,2,12H2,1,3-6H3/b8-7-,16-9+. The minimum Gasteiger partial charge on any atom is -0.343 e. The van der Waals surface area contributed by atoms with Crippen molar-refractivity contribution in [2.75, 3.05) is 0 Å². The average Bonchev–Trinajstić information content (AvgIpc) is 2.91. The molecular formula is C21H25N. The van der Waals surface area contributed by atoms with Crippen LogP contribution in [0.3, 0.4) is 0 Å². The van der Waals surface area contributed by atoms with Gasteiger partial charge in [-0.3, -0.25) is 0 Å². The minimum atomic E-state index is 0.177. The van der Waals surface area contributed by atoms with Crippen LogP contribution in [0.5, 0.6) is 0 Å². The van der Waals surface area contributed by atoms with Gasteiger partial charge in [0.1, 0.15) is 0 Å². The molecule has 1 heteroatoms. The lowest BCUT2D eigenvalue weighted by Crippen LogP contribution is -2.10. The first-order chi connectivity index (χ1) is 10.3. The maximum Gasteiger partial charge on any atom is 0.0527 e. The van der Waals surface area contributed by atoms with Crippen molar-refractivity contribution >= 4 is 16.5 Å². The molecule has 0 saturated heterocycles. The van der Waals surface area contributed by atoms with Gasteiger partial charge < -0.3 is 4.57 Å². The molecule has 0 atom stereocenters. The van der Waals surface area contributed by atoms with Gasteiger partial charge in [-0.2, -0.15) is 0 Å². The molecule has 1 aromatic carbocycles. The van der Waals surface area contributed by atoms with Crippen LogP contribution in [-0.2, 0) is 18.9 Å². The van der Waals surface area contributed by atoms with Gasteiger partial charge in [-0.15, -0.1) is 0 Å². The molecule has 0 unspecified atom stereocenters. The Labute approximate surface area is 133 Å². The van der Waals surface area contributed by atoms with E-state index in [2.05, 4.69) is 75.4 Å². The molecule has 1 aromatic heterocycles. The molecule has 0 N–H and O–H groups in total. The van der Waals surface area contributed by atoms with Gasteiger partial charge in [-0.25, -0.2) is 0 Å². The number of aromatic nitrogens is 1. The van der Waals surface area contributed by atoms with Crippen molar-refractivity contribution in [3.63, 3.8) is 0 Å². The number of hydrogen-bond donors (Lipinski definition) is 0. The van der Waals surface area contributed by atoms with E-state index in [1.54, 1.807) is 0 Å². The molecule has 114 valence electrons. The van der Waals surface area contributed by atoms with E-state index in [1.807, 2.05) is 6.92 Å². The Morgan fingerprint density at radius 2 is 1.95 bits per heavy atom. The van der Waals surface area contributed by atoms with Crippen LogP contribution in [0.15, 0.2) is 48.6 Å². The molecule has 1 heterocycles.